The van der Waals surface area contributed by atoms with Gasteiger partial charge in [-0.05, 0) is 31.2 Å². The van der Waals surface area contributed by atoms with E-state index >= 15 is 0 Å². The number of hydrogen-bond acceptors (Lipinski definition) is 4. The van der Waals surface area contributed by atoms with Crippen molar-refractivity contribution in [2.45, 2.75) is 58.9 Å². The number of amides is 1. The van der Waals surface area contributed by atoms with Crippen molar-refractivity contribution < 1.29 is 13.9 Å². The summed E-state index contributed by atoms with van der Waals surface area (Å²) in [7, 11) is -1.24. The number of carbonyl (C=O) groups is 1. The van der Waals surface area contributed by atoms with Gasteiger partial charge in [0.15, 0.2) is 5.82 Å². The molecule has 0 saturated heterocycles. The second-order valence-corrected chi connectivity index (χ2v) is 15.2. The molecule has 0 aliphatic heterocycles. The first-order chi connectivity index (χ1) is 14.0. The summed E-state index contributed by atoms with van der Waals surface area (Å²) >= 11 is 6.33. The third-order valence-corrected chi connectivity index (χ3v) is 6.79. The monoisotopic (exact) mass is 447 g/mol. The molecule has 0 atom stereocenters. The predicted molar refractivity (Wildman–Crippen MR) is 125 cm³/mol. The van der Waals surface area contributed by atoms with E-state index in [4.69, 9.17) is 20.8 Å². The summed E-state index contributed by atoms with van der Waals surface area (Å²) in [5.74, 6) is 1.68. The van der Waals surface area contributed by atoms with Crippen LogP contribution in [0, 0.1) is 6.92 Å². The van der Waals surface area contributed by atoms with Crippen LogP contribution in [0.4, 0.5) is 10.6 Å². The maximum absolute atomic E-state index is 12.1. The van der Waals surface area contributed by atoms with Crippen molar-refractivity contribution in [2.75, 3.05) is 11.9 Å². The Morgan fingerprint density at radius 1 is 1.27 bits per heavy atom. The van der Waals surface area contributed by atoms with Gasteiger partial charge >= 0.3 is 6.09 Å². The Morgan fingerprint density at radius 2 is 2.00 bits per heavy atom. The standard InChI is InChI=1S/C22H30ClN3O3Si/c1-14(2)19-12-16-10-18(23)11-17(21(16)29-19)13-26-15(3)9-20(25-26)24-22(27)28-7-8-30(4,5)6/h9-12,14H,7-8,13H2,1-6H3,(H,24,25,27). The number of carbonyl (C=O) groups excluding carboxylic acids is 1. The van der Waals surface area contributed by atoms with E-state index in [2.05, 4.69) is 43.9 Å². The Hall–Kier alpha value is -2.25. The molecule has 30 heavy (non-hydrogen) atoms. The zero-order chi connectivity index (χ0) is 22.1. The molecule has 2 aromatic heterocycles. The van der Waals surface area contributed by atoms with E-state index < -0.39 is 14.2 Å². The maximum Gasteiger partial charge on any atom is 0.412 e. The minimum atomic E-state index is -1.24. The summed E-state index contributed by atoms with van der Waals surface area (Å²) < 4.78 is 13.2. The van der Waals surface area contributed by atoms with Crippen LogP contribution in [0.25, 0.3) is 11.0 Å². The lowest BCUT2D eigenvalue weighted by Crippen LogP contribution is -2.24. The second kappa shape index (κ2) is 8.86. The molecule has 1 N–H and O–H groups in total. The highest BCUT2D eigenvalue weighted by Gasteiger charge is 2.16. The Kier molecular flexibility index (Phi) is 6.62. The highest BCUT2D eigenvalue weighted by molar-refractivity contribution is 6.76. The topological polar surface area (TPSA) is 69.3 Å². The molecule has 3 rings (SSSR count). The third-order valence-electron chi connectivity index (χ3n) is 4.86. The SMILES string of the molecule is Cc1cc(NC(=O)OCC[Si](C)(C)C)nn1Cc1cc(Cl)cc2cc(C(C)C)oc12. The number of ether oxygens (including phenoxy) is 1. The van der Waals surface area contributed by atoms with Crippen molar-refractivity contribution >= 4 is 42.6 Å². The van der Waals surface area contributed by atoms with Gasteiger partial charge in [-0.1, -0.05) is 45.1 Å². The summed E-state index contributed by atoms with van der Waals surface area (Å²) in [6.07, 6.45) is -0.476. The van der Waals surface area contributed by atoms with Gasteiger partial charge in [-0.15, -0.1) is 0 Å². The molecule has 1 aromatic carbocycles. The van der Waals surface area contributed by atoms with Crippen molar-refractivity contribution in [2.24, 2.45) is 0 Å². The number of rotatable bonds is 7. The molecule has 0 radical (unpaired) electrons. The molecule has 0 aliphatic rings. The fourth-order valence-corrected chi connectivity index (χ4v) is 4.05. The van der Waals surface area contributed by atoms with E-state index in [1.54, 1.807) is 0 Å². The molecule has 2 heterocycles. The largest absolute Gasteiger partial charge is 0.460 e. The third kappa shape index (κ3) is 5.67. The molecule has 0 bridgehead atoms. The van der Waals surface area contributed by atoms with Gasteiger partial charge in [0.05, 0.1) is 13.2 Å². The highest BCUT2D eigenvalue weighted by atomic mass is 35.5. The molecular formula is C22H30ClN3O3Si. The van der Waals surface area contributed by atoms with Gasteiger partial charge in [0.2, 0.25) is 0 Å². The number of fused-ring (bicyclic) bond motifs is 1. The van der Waals surface area contributed by atoms with Crippen LogP contribution in [0.5, 0.6) is 0 Å². The van der Waals surface area contributed by atoms with E-state index in [9.17, 15) is 4.79 Å². The molecule has 8 heteroatoms. The smallest absolute Gasteiger partial charge is 0.412 e. The van der Waals surface area contributed by atoms with Crippen molar-refractivity contribution in [1.29, 1.82) is 0 Å². The average Bonchev–Trinajstić information content (AvgIpc) is 3.17. The number of furan rings is 1. The fourth-order valence-electron chi connectivity index (χ4n) is 3.09. The number of anilines is 1. The summed E-state index contributed by atoms with van der Waals surface area (Å²) in [5, 5.41) is 8.86. The van der Waals surface area contributed by atoms with E-state index in [-0.39, 0.29) is 0 Å². The normalized spacial score (nSPS) is 12.0. The number of nitrogens with one attached hydrogen (secondary N) is 1. The maximum atomic E-state index is 12.1. The van der Waals surface area contributed by atoms with Crippen LogP contribution >= 0.6 is 11.6 Å². The van der Waals surface area contributed by atoms with E-state index in [0.29, 0.717) is 29.9 Å². The number of hydrogen-bond donors (Lipinski definition) is 1. The molecular weight excluding hydrogens is 418 g/mol. The van der Waals surface area contributed by atoms with Gasteiger partial charge in [0, 0.05) is 41.7 Å². The predicted octanol–water partition coefficient (Wildman–Crippen LogP) is 6.65. The number of aryl methyl sites for hydroxylation is 1. The zero-order valence-corrected chi connectivity index (χ0v) is 20.3. The quantitative estimate of drug-likeness (QED) is 0.411. The molecule has 1 amide bonds. The van der Waals surface area contributed by atoms with Crippen molar-refractivity contribution in [3.63, 3.8) is 0 Å². The minimum Gasteiger partial charge on any atom is -0.460 e. The van der Waals surface area contributed by atoms with Gasteiger partial charge in [0.25, 0.3) is 0 Å². The summed E-state index contributed by atoms with van der Waals surface area (Å²) in [6.45, 7) is 13.8. The minimum absolute atomic E-state index is 0.290. The van der Waals surface area contributed by atoms with Gasteiger partial charge in [-0.3, -0.25) is 10.00 Å². The lowest BCUT2D eigenvalue weighted by atomic mass is 10.1. The molecule has 6 nitrogen and oxygen atoms in total. The molecule has 0 saturated carbocycles. The van der Waals surface area contributed by atoms with Crippen LogP contribution in [0.3, 0.4) is 0 Å². The van der Waals surface area contributed by atoms with Crippen LogP contribution in [-0.2, 0) is 11.3 Å². The Balaban J connectivity index is 1.74. The average molecular weight is 448 g/mol. The molecule has 0 unspecified atom stereocenters. The Morgan fingerprint density at radius 3 is 2.67 bits per heavy atom. The Bertz CT molecular complexity index is 1050. The van der Waals surface area contributed by atoms with Gasteiger partial charge in [-0.2, -0.15) is 5.10 Å². The van der Waals surface area contributed by atoms with E-state index in [1.165, 1.54) is 0 Å². The summed E-state index contributed by atoms with van der Waals surface area (Å²) in [6, 6.07) is 8.60. The van der Waals surface area contributed by atoms with Crippen LogP contribution < -0.4 is 5.32 Å². The first-order valence-corrected chi connectivity index (χ1v) is 14.3. The van der Waals surface area contributed by atoms with E-state index in [0.717, 1.165) is 34.0 Å². The van der Waals surface area contributed by atoms with Gasteiger partial charge in [0.1, 0.15) is 11.3 Å². The summed E-state index contributed by atoms with van der Waals surface area (Å²) in [5.41, 5.74) is 2.68. The molecule has 0 aliphatic carbocycles. The van der Waals surface area contributed by atoms with Crippen molar-refractivity contribution in [1.82, 2.24) is 9.78 Å². The van der Waals surface area contributed by atoms with Crippen LogP contribution in [0.15, 0.2) is 28.7 Å². The summed E-state index contributed by atoms with van der Waals surface area (Å²) in [4.78, 5) is 12.1. The number of benzene rings is 1. The molecule has 0 spiro atoms. The lowest BCUT2D eigenvalue weighted by molar-refractivity contribution is 0.167. The lowest BCUT2D eigenvalue weighted by Gasteiger charge is -2.15. The first kappa shape index (κ1) is 22.4. The van der Waals surface area contributed by atoms with Crippen molar-refractivity contribution in [3.8, 4) is 0 Å². The van der Waals surface area contributed by atoms with Gasteiger partial charge < -0.3 is 9.15 Å². The van der Waals surface area contributed by atoms with Crippen LogP contribution in [0.2, 0.25) is 30.7 Å². The molecule has 162 valence electrons. The van der Waals surface area contributed by atoms with Crippen molar-refractivity contribution in [3.05, 3.63) is 46.3 Å². The number of aromatic nitrogens is 2. The first-order valence-electron chi connectivity index (χ1n) is 10.2. The zero-order valence-electron chi connectivity index (χ0n) is 18.5. The van der Waals surface area contributed by atoms with Crippen LogP contribution in [-0.4, -0.2) is 30.6 Å². The van der Waals surface area contributed by atoms with Gasteiger partial charge in [-0.25, -0.2) is 4.79 Å². The Labute approximate surface area is 183 Å². The number of halogens is 1. The molecule has 0 fully saturated rings. The van der Waals surface area contributed by atoms with Crippen LogP contribution in [0.1, 0.15) is 36.8 Å². The second-order valence-electron chi connectivity index (χ2n) is 9.19. The van der Waals surface area contributed by atoms with E-state index in [1.807, 2.05) is 35.9 Å². The molecule has 3 aromatic rings. The number of nitrogens with zero attached hydrogens (tertiary/aromatic N) is 2. The fraction of sp³-hybridized carbons (Fsp3) is 0.455. The highest BCUT2D eigenvalue weighted by Crippen LogP contribution is 2.31.